The maximum Gasteiger partial charge on any atom is 0.252 e. The highest BCUT2D eigenvalue weighted by atomic mass is 16.5. The number of benzene rings is 1. The van der Waals surface area contributed by atoms with Gasteiger partial charge in [0.25, 0.3) is 5.56 Å². The molecule has 3 rings (SSSR count). The number of H-pyrrole nitrogens is 1. The van der Waals surface area contributed by atoms with Gasteiger partial charge >= 0.3 is 0 Å². The molecule has 1 fully saturated rings. The predicted octanol–water partition coefficient (Wildman–Crippen LogP) is 3.97. The van der Waals surface area contributed by atoms with Crippen LogP contribution in [0.5, 0.6) is 5.75 Å². The molecule has 128 valence electrons. The van der Waals surface area contributed by atoms with Crippen molar-refractivity contribution in [1.82, 2.24) is 9.97 Å². The summed E-state index contributed by atoms with van der Waals surface area (Å²) in [5, 5.41) is 3.43. The van der Waals surface area contributed by atoms with Gasteiger partial charge in [-0.05, 0) is 37.1 Å². The normalized spacial score (nSPS) is 16.2. The molecule has 0 atom stereocenters. The first-order valence-corrected chi connectivity index (χ1v) is 8.77. The van der Waals surface area contributed by atoms with E-state index < -0.39 is 0 Å². The van der Waals surface area contributed by atoms with Gasteiger partial charge in [-0.25, -0.2) is 4.98 Å². The molecule has 1 aromatic carbocycles. The fourth-order valence-corrected chi connectivity index (χ4v) is 3.23. The fraction of sp³-hybridized carbons (Fsp3) is 0.474. The van der Waals surface area contributed by atoms with E-state index in [-0.39, 0.29) is 5.56 Å². The molecule has 0 bridgehead atoms. The Kier molecular flexibility index (Phi) is 5.51. The van der Waals surface area contributed by atoms with Crippen LogP contribution < -0.4 is 15.6 Å². The SMILES string of the molecule is COc1ccc(-c2cc(=O)[nH]c(NC3CCCCCCC3)n2)cc1. The van der Waals surface area contributed by atoms with E-state index in [1.165, 1.54) is 38.2 Å². The Morgan fingerprint density at radius 2 is 1.75 bits per heavy atom. The summed E-state index contributed by atoms with van der Waals surface area (Å²) in [6, 6.07) is 9.51. The average molecular weight is 327 g/mol. The number of rotatable bonds is 4. The van der Waals surface area contributed by atoms with Crippen LogP contribution in [-0.2, 0) is 0 Å². The summed E-state index contributed by atoms with van der Waals surface area (Å²) in [6.07, 6.45) is 8.68. The third-order valence-corrected chi connectivity index (χ3v) is 4.57. The zero-order chi connectivity index (χ0) is 16.8. The monoisotopic (exact) mass is 327 g/mol. The molecule has 5 nitrogen and oxygen atoms in total. The second kappa shape index (κ2) is 7.99. The molecule has 1 aromatic heterocycles. The molecule has 0 spiro atoms. The maximum atomic E-state index is 12.0. The van der Waals surface area contributed by atoms with Crippen molar-refractivity contribution < 1.29 is 4.74 Å². The van der Waals surface area contributed by atoms with Crippen LogP contribution in [0, 0.1) is 0 Å². The summed E-state index contributed by atoms with van der Waals surface area (Å²) in [6.45, 7) is 0. The van der Waals surface area contributed by atoms with Gasteiger partial charge in [-0.15, -0.1) is 0 Å². The summed E-state index contributed by atoms with van der Waals surface area (Å²) >= 11 is 0. The molecule has 0 amide bonds. The van der Waals surface area contributed by atoms with E-state index in [0.717, 1.165) is 24.2 Å². The topological polar surface area (TPSA) is 67.0 Å². The van der Waals surface area contributed by atoms with E-state index in [4.69, 9.17) is 4.74 Å². The van der Waals surface area contributed by atoms with Crippen molar-refractivity contribution in [2.24, 2.45) is 0 Å². The van der Waals surface area contributed by atoms with Gasteiger partial charge in [-0.3, -0.25) is 9.78 Å². The predicted molar refractivity (Wildman–Crippen MR) is 96.6 cm³/mol. The van der Waals surface area contributed by atoms with Crippen LogP contribution in [0.3, 0.4) is 0 Å². The summed E-state index contributed by atoms with van der Waals surface area (Å²) in [5.74, 6) is 1.36. The van der Waals surface area contributed by atoms with Crippen molar-refractivity contribution in [2.75, 3.05) is 12.4 Å². The molecule has 1 saturated carbocycles. The van der Waals surface area contributed by atoms with Crippen molar-refractivity contribution in [3.05, 3.63) is 40.7 Å². The van der Waals surface area contributed by atoms with Crippen LogP contribution in [-0.4, -0.2) is 23.1 Å². The van der Waals surface area contributed by atoms with E-state index >= 15 is 0 Å². The lowest BCUT2D eigenvalue weighted by atomic mass is 9.97. The van der Waals surface area contributed by atoms with Crippen LogP contribution in [0.4, 0.5) is 5.95 Å². The van der Waals surface area contributed by atoms with Gasteiger partial charge in [0, 0.05) is 17.7 Å². The number of aromatic nitrogens is 2. The van der Waals surface area contributed by atoms with Gasteiger partial charge in [0.1, 0.15) is 5.75 Å². The Bertz CT molecular complexity index is 701. The quantitative estimate of drug-likeness (QED) is 0.891. The molecule has 1 aliphatic carbocycles. The highest BCUT2D eigenvalue weighted by molar-refractivity contribution is 5.60. The Morgan fingerprint density at radius 1 is 1.08 bits per heavy atom. The number of anilines is 1. The van der Waals surface area contributed by atoms with E-state index in [1.54, 1.807) is 7.11 Å². The maximum absolute atomic E-state index is 12.0. The lowest BCUT2D eigenvalue weighted by Crippen LogP contribution is -2.24. The largest absolute Gasteiger partial charge is 0.497 e. The van der Waals surface area contributed by atoms with Gasteiger partial charge in [-0.2, -0.15) is 0 Å². The smallest absolute Gasteiger partial charge is 0.252 e. The molecule has 5 heteroatoms. The van der Waals surface area contributed by atoms with E-state index in [9.17, 15) is 4.79 Å². The first-order chi connectivity index (χ1) is 11.7. The second-order valence-corrected chi connectivity index (χ2v) is 6.39. The molecule has 0 unspecified atom stereocenters. The Hall–Kier alpha value is -2.30. The minimum Gasteiger partial charge on any atom is -0.497 e. The molecule has 2 aromatic rings. The highest BCUT2D eigenvalue weighted by Gasteiger charge is 2.13. The van der Waals surface area contributed by atoms with Crippen molar-refractivity contribution in [2.45, 2.75) is 51.0 Å². The fourth-order valence-electron chi connectivity index (χ4n) is 3.23. The zero-order valence-corrected chi connectivity index (χ0v) is 14.2. The van der Waals surface area contributed by atoms with Crippen molar-refractivity contribution in [3.8, 4) is 17.0 Å². The number of ether oxygens (including phenoxy) is 1. The molecule has 24 heavy (non-hydrogen) atoms. The first kappa shape index (κ1) is 16.6. The van der Waals surface area contributed by atoms with Crippen LogP contribution in [0.15, 0.2) is 35.1 Å². The summed E-state index contributed by atoms with van der Waals surface area (Å²) in [4.78, 5) is 19.4. The van der Waals surface area contributed by atoms with E-state index in [2.05, 4.69) is 15.3 Å². The standard InChI is InChI=1S/C19H25N3O2/c1-24-16-11-9-14(10-12-16)17-13-18(23)22-19(21-17)20-15-7-5-3-2-4-6-8-15/h9-13,15H,2-8H2,1H3,(H2,20,21,22,23). The van der Waals surface area contributed by atoms with Gasteiger partial charge in [0.05, 0.1) is 12.8 Å². The minimum absolute atomic E-state index is 0.135. The Balaban J connectivity index is 1.78. The number of hydrogen-bond donors (Lipinski definition) is 2. The lowest BCUT2D eigenvalue weighted by molar-refractivity contribution is 0.415. The third-order valence-electron chi connectivity index (χ3n) is 4.57. The third kappa shape index (κ3) is 4.37. The molecule has 2 N–H and O–H groups in total. The van der Waals surface area contributed by atoms with Crippen LogP contribution in [0.1, 0.15) is 44.9 Å². The summed E-state index contributed by atoms with van der Waals surface area (Å²) < 4.78 is 5.17. The summed E-state index contributed by atoms with van der Waals surface area (Å²) in [5.41, 5.74) is 1.45. The molecule has 1 aliphatic rings. The number of hydrogen-bond acceptors (Lipinski definition) is 4. The van der Waals surface area contributed by atoms with Gasteiger partial charge < -0.3 is 10.1 Å². The zero-order valence-electron chi connectivity index (χ0n) is 14.2. The van der Waals surface area contributed by atoms with Crippen molar-refractivity contribution in [3.63, 3.8) is 0 Å². The summed E-state index contributed by atoms with van der Waals surface area (Å²) in [7, 11) is 1.64. The van der Waals surface area contributed by atoms with Crippen LogP contribution in [0.25, 0.3) is 11.3 Å². The number of nitrogens with zero attached hydrogens (tertiary/aromatic N) is 1. The van der Waals surface area contributed by atoms with Crippen LogP contribution in [0.2, 0.25) is 0 Å². The van der Waals surface area contributed by atoms with E-state index in [1.807, 2.05) is 24.3 Å². The second-order valence-electron chi connectivity index (χ2n) is 6.39. The molecular weight excluding hydrogens is 302 g/mol. The average Bonchev–Trinajstić information content (AvgIpc) is 2.57. The Morgan fingerprint density at radius 3 is 2.42 bits per heavy atom. The van der Waals surface area contributed by atoms with E-state index in [0.29, 0.717) is 17.7 Å². The molecular formula is C19H25N3O2. The number of methoxy groups -OCH3 is 1. The molecule has 0 aliphatic heterocycles. The molecule has 0 saturated heterocycles. The lowest BCUT2D eigenvalue weighted by Gasteiger charge is -2.21. The van der Waals surface area contributed by atoms with Crippen molar-refractivity contribution >= 4 is 5.95 Å². The minimum atomic E-state index is -0.135. The molecule has 1 heterocycles. The van der Waals surface area contributed by atoms with Gasteiger partial charge in [0.15, 0.2) is 0 Å². The van der Waals surface area contributed by atoms with Crippen LogP contribution >= 0.6 is 0 Å². The highest BCUT2D eigenvalue weighted by Crippen LogP contribution is 2.22. The number of nitrogens with one attached hydrogen (secondary N) is 2. The van der Waals surface area contributed by atoms with Gasteiger partial charge in [0.2, 0.25) is 5.95 Å². The number of aromatic amines is 1. The first-order valence-electron chi connectivity index (χ1n) is 8.77. The molecule has 0 radical (unpaired) electrons. The van der Waals surface area contributed by atoms with Crippen molar-refractivity contribution in [1.29, 1.82) is 0 Å². The Labute approximate surface area is 142 Å². The van der Waals surface area contributed by atoms with Gasteiger partial charge in [-0.1, -0.05) is 32.1 Å².